The highest BCUT2D eigenvalue weighted by Gasteiger charge is 2.02. The van der Waals surface area contributed by atoms with Crippen LogP contribution in [0.1, 0.15) is 11.4 Å². The van der Waals surface area contributed by atoms with Crippen LogP contribution in [0.3, 0.4) is 0 Å². The topological polar surface area (TPSA) is 81.1 Å². The van der Waals surface area contributed by atoms with Gasteiger partial charge in [0.25, 0.3) is 5.95 Å². The number of halogens is 1. The van der Waals surface area contributed by atoms with Crippen molar-refractivity contribution in [2.45, 2.75) is 6.92 Å². The molecule has 2 aromatic rings. The number of hydrazone groups is 1. The zero-order valence-electron chi connectivity index (χ0n) is 9.24. The molecule has 1 aromatic heterocycles. The summed E-state index contributed by atoms with van der Waals surface area (Å²) in [6, 6.07) is 9.73. The van der Waals surface area contributed by atoms with Crippen LogP contribution in [0.2, 0.25) is 0 Å². The van der Waals surface area contributed by atoms with Crippen molar-refractivity contribution >= 4 is 24.6 Å². The molecule has 0 spiro atoms. The van der Waals surface area contributed by atoms with E-state index in [1.807, 2.05) is 30.3 Å². The number of hydrogen-bond donors (Lipinski definition) is 2. The van der Waals surface area contributed by atoms with E-state index < -0.39 is 0 Å². The van der Waals surface area contributed by atoms with Crippen molar-refractivity contribution < 1.29 is 0 Å². The summed E-state index contributed by atoms with van der Waals surface area (Å²) in [6.07, 6.45) is 1.68. The average Bonchev–Trinajstić information content (AvgIpc) is 2.62. The molecule has 0 unspecified atom stereocenters. The molecule has 2 rings (SSSR count). The van der Waals surface area contributed by atoms with Crippen LogP contribution >= 0.6 is 12.4 Å². The Labute approximate surface area is 105 Å². The molecule has 17 heavy (non-hydrogen) atoms. The molecule has 3 N–H and O–H groups in total. The van der Waals surface area contributed by atoms with Gasteiger partial charge < -0.3 is 5.84 Å². The summed E-state index contributed by atoms with van der Waals surface area (Å²) >= 11 is 0. The van der Waals surface area contributed by atoms with Crippen molar-refractivity contribution in [3.8, 4) is 0 Å². The van der Waals surface area contributed by atoms with Gasteiger partial charge >= 0.3 is 0 Å². The lowest BCUT2D eigenvalue weighted by Gasteiger charge is -1.98. The van der Waals surface area contributed by atoms with Crippen molar-refractivity contribution in [3.05, 3.63) is 41.7 Å². The number of anilines is 1. The number of nitrogens with zero attached hydrogens (tertiary/aromatic N) is 4. The molecule has 0 amide bonds. The van der Waals surface area contributed by atoms with Gasteiger partial charge in [-0.15, -0.1) is 22.6 Å². The fraction of sp³-hybridized carbons (Fsp3) is 0.100. The number of aryl methyl sites for hydroxylation is 1. The minimum atomic E-state index is 0. The van der Waals surface area contributed by atoms with E-state index in [4.69, 9.17) is 5.84 Å². The Hall–Kier alpha value is -2.08. The van der Waals surface area contributed by atoms with Gasteiger partial charge in [0, 0.05) is 0 Å². The van der Waals surface area contributed by atoms with Gasteiger partial charge in [-0.2, -0.15) is 5.10 Å². The third kappa shape index (κ3) is 3.18. The average molecular weight is 253 g/mol. The second kappa shape index (κ2) is 5.86. The van der Waals surface area contributed by atoms with Crippen LogP contribution in [-0.2, 0) is 0 Å². The van der Waals surface area contributed by atoms with E-state index in [1.165, 1.54) is 4.68 Å². The number of rotatable bonds is 3. The molecule has 0 bridgehead atoms. The van der Waals surface area contributed by atoms with Gasteiger partial charge in [0.1, 0.15) is 0 Å². The van der Waals surface area contributed by atoms with Gasteiger partial charge in [-0.1, -0.05) is 30.3 Å². The Morgan fingerprint density at radius 1 is 1.29 bits per heavy atom. The van der Waals surface area contributed by atoms with E-state index in [-0.39, 0.29) is 12.4 Å². The monoisotopic (exact) mass is 252 g/mol. The predicted octanol–water partition coefficient (Wildman–Crippen LogP) is 1.17. The number of nitrogen functional groups attached to an aromatic ring is 1. The van der Waals surface area contributed by atoms with Crippen LogP contribution in [0.4, 0.5) is 5.95 Å². The summed E-state index contributed by atoms with van der Waals surface area (Å²) < 4.78 is 1.34. The largest absolute Gasteiger partial charge is 0.335 e. The normalized spacial score (nSPS) is 10.2. The number of hydrogen-bond acceptors (Lipinski definition) is 5. The lowest BCUT2D eigenvalue weighted by atomic mass is 10.2. The van der Waals surface area contributed by atoms with E-state index in [1.54, 1.807) is 13.1 Å². The zero-order valence-corrected chi connectivity index (χ0v) is 10.1. The van der Waals surface area contributed by atoms with Crippen LogP contribution in [0.15, 0.2) is 35.4 Å². The van der Waals surface area contributed by atoms with Crippen LogP contribution in [0.5, 0.6) is 0 Å². The summed E-state index contributed by atoms with van der Waals surface area (Å²) in [4.78, 5) is 0. The van der Waals surface area contributed by atoms with Crippen molar-refractivity contribution in [2.75, 3.05) is 11.3 Å². The summed E-state index contributed by atoms with van der Waals surface area (Å²) in [5, 5.41) is 11.6. The SMILES string of the molecule is Cc1nnc(NN=Cc2ccccc2)n1N.Cl. The van der Waals surface area contributed by atoms with E-state index in [0.717, 1.165) is 5.56 Å². The Kier molecular flexibility index (Phi) is 4.47. The lowest BCUT2D eigenvalue weighted by Crippen LogP contribution is -2.13. The van der Waals surface area contributed by atoms with Crippen molar-refractivity contribution in [1.29, 1.82) is 0 Å². The first kappa shape index (κ1) is 13.0. The van der Waals surface area contributed by atoms with Crippen molar-refractivity contribution in [2.24, 2.45) is 5.10 Å². The molecular weight excluding hydrogens is 240 g/mol. The first-order valence-corrected chi connectivity index (χ1v) is 4.78. The Balaban J connectivity index is 0.00000144. The molecule has 0 saturated carbocycles. The molecule has 7 heteroatoms. The number of aromatic nitrogens is 3. The van der Waals surface area contributed by atoms with Gasteiger partial charge in [0.15, 0.2) is 5.82 Å². The van der Waals surface area contributed by atoms with Gasteiger partial charge in [0.2, 0.25) is 0 Å². The molecule has 0 aliphatic carbocycles. The lowest BCUT2D eigenvalue weighted by molar-refractivity contribution is 0.926. The molecule has 0 fully saturated rings. The highest BCUT2D eigenvalue weighted by atomic mass is 35.5. The van der Waals surface area contributed by atoms with E-state index >= 15 is 0 Å². The molecule has 1 aromatic carbocycles. The Morgan fingerprint density at radius 2 is 2.00 bits per heavy atom. The quantitative estimate of drug-likeness (QED) is 0.488. The second-order valence-corrected chi connectivity index (χ2v) is 3.22. The minimum Gasteiger partial charge on any atom is -0.335 e. The highest BCUT2D eigenvalue weighted by Crippen LogP contribution is 2.01. The van der Waals surface area contributed by atoms with Crippen molar-refractivity contribution in [1.82, 2.24) is 14.9 Å². The number of benzene rings is 1. The van der Waals surface area contributed by atoms with Crippen LogP contribution < -0.4 is 11.3 Å². The summed E-state index contributed by atoms with van der Waals surface area (Å²) in [7, 11) is 0. The van der Waals surface area contributed by atoms with Gasteiger partial charge in [-0.25, -0.2) is 10.1 Å². The third-order valence-corrected chi connectivity index (χ3v) is 2.04. The maximum atomic E-state index is 5.64. The zero-order chi connectivity index (χ0) is 11.4. The first-order valence-electron chi connectivity index (χ1n) is 4.78. The predicted molar refractivity (Wildman–Crippen MR) is 69.8 cm³/mol. The molecule has 0 atom stereocenters. The molecule has 6 nitrogen and oxygen atoms in total. The molecule has 0 radical (unpaired) electrons. The first-order chi connectivity index (χ1) is 7.77. The molecule has 0 aliphatic rings. The van der Waals surface area contributed by atoms with Crippen molar-refractivity contribution in [3.63, 3.8) is 0 Å². The fourth-order valence-electron chi connectivity index (χ4n) is 1.15. The summed E-state index contributed by atoms with van der Waals surface area (Å²) in [5.41, 5.74) is 3.71. The Bertz CT molecular complexity index is 493. The minimum absolute atomic E-state index is 0. The van der Waals surface area contributed by atoms with E-state index in [0.29, 0.717) is 11.8 Å². The maximum Gasteiger partial charge on any atom is 0.263 e. The number of nitrogens with two attached hydrogens (primary N) is 1. The van der Waals surface area contributed by atoms with Gasteiger partial charge in [-0.05, 0) is 12.5 Å². The molecule has 0 saturated heterocycles. The van der Waals surface area contributed by atoms with Crippen LogP contribution in [0, 0.1) is 6.92 Å². The summed E-state index contributed by atoms with van der Waals surface area (Å²) in [6.45, 7) is 1.76. The van der Waals surface area contributed by atoms with Gasteiger partial charge in [-0.3, -0.25) is 0 Å². The highest BCUT2D eigenvalue weighted by molar-refractivity contribution is 5.85. The smallest absolute Gasteiger partial charge is 0.263 e. The molecular formula is C10H13ClN6. The summed E-state index contributed by atoms with van der Waals surface area (Å²) in [5.74, 6) is 6.67. The maximum absolute atomic E-state index is 5.64. The molecule has 0 aliphatic heterocycles. The molecule has 1 heterocycles. The van der Waals surface area contributed by atoms with Crippen LogP contribution in [-0.4, -0.2) is 21.1 Å². The van der Waals surface area contributed by atoms with Gasteiger partial charge in [0.05, 0.1) is 6.21 Å². The fourth-order valence-corrected chi connectivity index (χ4v) is 1.15. The molecule has 90 valence electrons. The Morgan fingerprint density at radius 3 is 2.59 bits per heavy atom. The standard InChI is InChI=1S/C10H12N6.ClH/c1-8-13-15-10(16(8)11)14-12-7-9-5-3-2-4-6-9;/h2-7H,11H2,1H3,(H,14,15);1H. The third-order valence-electron chi connectivity index (χ3n) is 2.04. The van der Waals surface area contributed by atoms with Crippen LogP contribution in [0.25, 0.3) is 0 Å². The number of nitrogens with one attached hydrogen (secondary N) is 1. The van der Waals surface area contributed by atoms with E-state index in [9.17, 15) is 0 Å². The van der Waals surface area contributed by atoms with E-state index in [2.05, 4.69) is 20.7 Å². The second-order valence-electron chi connectivity index (χ2n) is 3.22.